The number of imidazole rings is 1. The first-order valence-electron chi connectivity index (χ1n) is 24.1. The van der Waals surface area contributed by atoms with E-state index in [1.54, 1.807) is 7.11 Å². The van der Waals surface area contributed by atoms with Gasteiger partial charge in [0.2, 0.25) is 11.8 Å². The normalized spacial score (nSPS) is 19.4. The summed E-state index contributed by atoms with van der Waals surface area (Å²) in [5.74, 6) is 4.14. The summed E-state index contributed by atoms with van der Waals surface area (Å²) in [4.78, 5) is 45.7. The minimum atomic E-state index is -0.615. The molecular formula is C56H53Cl2N9O3. The van der Waals surface area contributed by atoms with Crippen LogP contribution in [0, 0.1) is 19.8 Å². The maximum atomic E-state index is 14.3. The van der Waals surface area contributed by atoms with E-state index < -0.39 is 12.1 Å². The molecule has 5 heterocycles. The van der Waals surface area contributed by atoms with Crippen molar-refractivity contribution in [3.63, 3.8) is 0 Å². The molecule has 2 amide bonds. The summed E-state index contributed by atoms with van der Waals surface area (Å²) in [7, 11) is 1.63. The number of rotatable bonds is 11. The molecule has 1 aliphatic carbocycles. The highest BCUT2D eigenvalue weighted by molar-refractivity contribution is 6.31. The number of aryl methyl sites for hydroxylation is 2. The van der Waals surface area contributed by atoms with Crippen LogP contribution in [0.2, 0.25) is 10.0 Å². The molecule has 11 rings (SSSR count). The van der Waals surface area contributed by atoms with Gasteiger partial charge in [-0.15, -0.1) is 10.2 Å². The maximum Gasteiger partial charge on any atom is 0.225 e. The van der Waals surface area contributed by atoms with Crippen LogP contribution >= 0.6 is 23.2 Å². The largest absolute Gasteiger partial charge is 0.497 e. The maximum absolute atomic E-state index is 14.3. The van der Waals surface area contributed by atoms with Gasteiger partial charge in [0.05, 0.1) is 42.7 Å². The van der Waals surface area contributed by atoms with Gasteiger partial charge in [0.25, 0.3) is 0 Å². The smallest absolute Gasteiger partial charge is 0.225 e. The van der Waals surface area contributed by atoms with E-state index in [4.69, 9.17) is 42.9 Å². The SMILES string of the molecule is COc1ccc2c(c1)C(c1ccc(Cl)cc1)=N[C@@H](CC(=O)NCc1cccc(C3CCN(C(=O)C[C@H]4N=C(c5ccc(Cl)cc5)c5ccc(C6CC6C)cc5-n5c(C)cnc54)CC3)c1)c1nnc(C)n1-2. The third-order valence-electron chi connectivity index (χ3n) is 14.5. The minimum absolute atomic E-state index is 0.0657. The predicted octanol–water partition coefficient (Wildman–Crippen LogP) is 10.8. The van der Waals surface area contributed by atoms with Crippen molar-refractivity contribution in [3.05, 3.63) is 188 Å². The second-order valence-electron chi connectivity index (χ2n) is 19.1. The molecule has 354 valence electrons. The number of carbonyl (C=O) groups is 2. The second-order valence-corrected chi connectivity index (χ2v) is 20.0. The number of aliphatic imine (C=N–C) groups is 2. The number of hydrogen-bond donors (Lipinski definition) is 1. The van der Waals surface area contributed by atoms with Crippen LogP contribution in [0.1, 0.15) is 125 Å². The van der Waals surface area contributed by atoms with Crippen molar-refractivity contribution in [2.24, 2.45) is 15.9 Å². The first-order valence-corrected chi connectivity index (χ1v) is 24.9. The van der Waals surface area contributed by atoms with Crippen molar-refractivity contribution < 1.29 is 14.3 Å². The Balaban J connectivity index is 0.769. The molecule has 7 aromatic rings. The van der Waals surface area contributed by atoms with Crippen LogP contribution in [-0.2, 0) is 16.1 Å². The Kier molecular flexibility index (Phi) is 12.2. The zero-order valence-electron chi connectivity index (χ0n) is 39.6. The van der Waals surface area contributed by atoms with E-state index in [1.165, 1.54) is 17.5 Å². The van der Waals surface area contributed by atoms with Crippen molar-refractivity contribution >= 4 is 46.4 Å². The molecule has 14 heteroatoms. The summed E-state index contributed by atoms with van der Waals surface area (Å²) in [6.07, 6.45) is 5.02. The number of fused-ring (bicyclic) bond motifs is 6. The van der Waals surface area contributed by atoms with Gasteiger partial charge in [-0.05, 0) is 116 Å². The van der Waals surface area contributed by atoms with E-state index >= 15 is 0 Å². The van der Waals surface area contributed by atoms with Crippen molar-refractivity contribution in [1.82, 2.24) is 34.5 Å². The van der Waals surface area contributed by atoms with Crippen molar-refractivity contribution in [3.8, 4) is 17.1 Å². The molecule has 1 saturated carbocycles. The molecule has 1 saturated heterocycles. The molecule has 0 bridgehead atoms. The molecule has 5 aromatic carbocycles. The van der Waals surface area contributed by atoms with Crippen LogP contribution in [0.4, 0.5) is 0 Å². The number of likely N-dealkylation sites (tertiary alicyclic amines) is 1. The molecule has 0 spiro atoms. The second kappa shape index (κ2) is 18.8. The lowest BCUT2D eigenvalue weighted by atomic mass is 9.88. The fraction of sp³-hybridized carbons (Fsp3) is 0.304. The highest BCUT2D eigenvalue weighted by Gasteiger charge is 2.37. The van der Waals surface area contributed by atoms with Crippen molar-refractivity contribution in [2.75, 3.05) is 20.2 Å². The van der Waals surface area contributed by atoms with Gasteiger partial charge in [-0.3, -0.25) is 28.7 Å². The van der Waals surface area contributed by atoms with Crippen LogP contribution in [-0.4, -0.2) is 72.7 Å². The van der Waals surface area contributed by atoms with Gasteiger partial charge in [-0.2, -0.15) is 0 Å². The van der Waals surface area contributed by atoms with Crippen LogP contribution in [0.3, 0.4) is 0 Å². The highest BCUT2D eigenvalue weighted by atomic mass is 35.5. The van der Waals surface area contributed by atoms with E-state index in [2.05, 4.69) is 70.3 Å². The van der Waals surface area contributed by atoms with Crippen molar-refractivity contribution in [1.29, 1.82) is 0 Å². The molecule has 1 N–H and O–H groups in total. The molecule has 4 aliphatic rings. The summed E-state index contributed by atoms with van der Waals surface area (Å²) in [6, 6.07) is 35.3. The quantitative estimate of drug-likeness (QED) is 0.137. The zero-order valence-corrected chi connectivity index (χ0v) is 41.1. The van der Waals surface area contributed by atoms with E-state index in [1.807, 2.05) is 95.4 Å². The Labute approximate surface area is 417 Å². The predicted molar refractivity (Wildman–Crippen MR) is 273 cm³/mol. The molecule has 70 heavy (non-hydrogen) atoms. The molecule has 0 radical (unpaired) electrons. The van der Waals surface area contributed by atoms with E-state index in [0.29, 0.717) is 64.6 Å². The van der Waals surface area contributed by atoms with Crippen molar-refractivity contribution in [2.45, 2.75) is 83.3 Å². The van der Waals surface area contributed by atoms with Crippen LogP contribution in [0.25, 0.3) is 11.4 Å². The van der Waals surface area contributed by atoms with E-state index in [9.17, 15) is 9.59 Å². The monoisotopic (exact) mass is 969 g/mol. The van der Waals surface area contributed by atoms with Gasteiger partial charge in [-0.1, -0.05) is 90.8 Å². The van der Waals surface area contributed by atoms with E-state index in [0.717, 1.165) is 69.3 Å². The first kappa shape index (κ1) is 45.5. The standard InChI is InChI=1S/C56H53Cl2N9O3/c1-32-24-45(32)40-12-18-44-50(26-40)66-33(2)30-60-55(66)48(62-53(44)37-8-13-41(57)14-9-37)29-52(69)65-22-20-36(21-23-65)39-7-5-6-35(25-39)31-59-51(68)28-47-56-64-63-34(3)67(56)49-19-17-43(70-4)27-46(49)54(61-47)38-10-15-42(58)16-11-38/h5-19,25-27,30,32,36,45,47-48H,20-24,28-29,31H2,1-4H3,(H,59,68)/t32?,45?,47-,48+/m0/s1. The molecule has 3 aliphatic heterocycles. The van der Waals surface area contributed by atoms with Crippen LogP contribution < -0.4 is 10.1 Å². The Morgan fingerprint density at radius 1 is 0.729 bits per heavy atom. The zero-order chi connectivity index (χ0) is 48.2. The Morgan fingerprint density at radius 3 is 2.10 bits per heavy atom. The average molecular weight is 971 g/mol. The lowest BCUT2D eigenvalue weighted by Crippen LogP contribution is -2.38. The molecule has 4 atom stereocenters. The van der Waals surface area contributed by atoms with Gasteiger partial charge < -0.3 is 15.0 Å². The number of amides is 2. The number of hydrogen-bond acceptors (Lipinski definition) is 8. The summed E-state index contributed by atoms with van der Waals surface area (Å²) in [6.45, 7) is 7.91. The number of aromatic nitrogens is 5. The Morgan fingerprint density at radius 2 is 1.41 bits per heavy atom. The molecule has 2 unspecified atom stereocenters. The van der Waals surface area contributed by atoms with Gasteiger partial charge >= 0.3 is 0 Å². The lowest BCUT2D eigenvalue weighted by Gasteiger charge is -2.33. The number of nitrogens with one attached hydrogen (secondary N) is 1. The van der Waals surface area contributed by atoms with Gasteiger partial charge in [-0.25, -0.2) is 4.98 Å². The van der Waals surface area contributed by atoms with Crippen LogP contribution in [0.15, 0.2) is 125 Å². The summed E-state index contributed by atoms with van der Waals surface area (Å²) >= 11 is 12.7. The fourth-order valence-electron chi connectivity index (χ4n) is 10.6. The Bertz CT molecular complexity index is 3220. The number of piperidine rings is 1. The molecule has 12 nitrogen and oxygen atoms in total. The fourth-order valence-corrected chi connectivity index (χ4v) is 10.8. The minimum Gasteiger partial charge on any atom is -0.497 e. The van der Waals surface area contributed by atoms with Gasteiger partial charge in [0.15, 0.2) is 5.82 Å². The molecular weight excluding hydrogens is 918 g/mol. The third-order valence-corrected chi connectivity index (χ3v) is 15.0. The summed E-state index contributed by atoms with van der Waals surface area (Å²) < 4.78 is 9.81. The van der Waals surface area contributed by atoms with Gasteiger partial charge in [0, 0.05) is 63.8 Å². The highest BCUT2D eigenvalue weighted by Crippen LogP contribution is 2.48. The average Bonchev–Trinajstić information content (AvgIpc) is 3.90. The molecule has 2 fully saturated rings. The van der Waals surface area contributed by atoms with Gasteiger partial charge in [0.1, 0.15) is 29.5 Å². The number of halogens is 2. The number of ether oxygens (including phenoxy) is 1. The van der Waals surface area contributed by atoms with E-state index in [-0.39, 0.29) is 30.6 Å². The number of methoxy groups -OCH3 is 1. The van der Waals surface area contributed by atoms with Crippen LogP contribution in [0.5, 0.6) is 5.75 Å². The molecule has 2 aromatic heterocycles. The third kappa shape index (κ3) is 8.83. The lowest BCUT2D eigenvalue weighted by molar-refractivity contribution is -0.132. The number of benzene rings is 5. The number of carbonyl (C=O) groups excluding carboxylic acids is 2. The summed E-state index contributed by atoms with van der Waals surface area (Å²) in [5, 5.41) is 13.4. The summed E-state index contributed by atoms with van der Waals surface area (Å²) in [5.41, 5.74) is 11.7. The topological polar surface area (TPSA) is 132 Å². The number of nitrogens with zero attached hydrogens (tertiary/aromatic N) is 8. The first-order chi connectivity index (χ1) is 34.0. The Hall–Kier alpha value is -6.89.